The Labute approximate surface area is 124 Å². The highest BCUT2D eigenvalue weighted by atomic mass is 19.1. The number of benzene rings is 2. The number of para-hydroxylation sites is 1. The molecule has 1 unspecified atom stereocenters. The Balaban J connectivity index is 1.69. The van der Waals surface area contributed by atoms with E-state index in [0.717, 1.165) is 30.9 Å². The van der Waals surface area contributed by atoms with Gasteiger partial charge in [0, 0.05) is 31.2 Å². The standard InChI is InChI=1S/C17H19FN2O/c18-15-7-5-13(6-8-15)16(19)12-20-9-10-21-17-4-2-1-3-14(17)11-20/h1-8,16H,9-12,19H2. The van der Waals surface area contributed by atoms with Gasteiger partial charge in [-0.1, -0.05) is 30.3 Å². The number of fused-ring (bicyclic) bond motifs is 1. The van der Waals surface area contributed by atoms with Gasteiger partial charge in [0.2, 0.25) is 0 Å². The highest BCUT2D eigenvalue weighted by Gasteiger charge is 2.17. The maximum absolute atomic E-state index is 13.0. The first-order valence-electron chi connectivity index (χ1n) is 7.16. The predicted molar refractivity (Wildman–Crippen MR) is 80.5 cm³/mol. The van der Waals surface area contributed by atoms with Gasteiger partial charge in [-0.05, 0) is 23.8 Å². The van der Waals surface area contributed by atoms with E-state index < -0.39 is 0 Å². The highest BCUT2D eigenvalue weighted by molar-refractivity contribution is 5.33. The summed E-state index contributed by atoms with van der Waals surface area (Å²) in [4.78, 5) is 2.28. The lowest BCUT2D eigenvalue weighted by molar-refractivity contribution is 0.216. The van der Waals surface area contributed by atoms with Crippen molar-refractivity contribution in [1.82, 2.24) is 4.90 Å². The Morgan fingerprint density at radius 3 is 2.71 bits per heavy atom. The van der Waals surface area contributed by atoms with Crippen LogP contribution in [-0.2, 0) is 6.54 Å². The number of ether oxygens (including phenoxy) is 1. The van der Waals surface area contributed by atoms with Gasteiger partial charge in [-0.3, -0.25) is 4.90 Å². The summed E-state index contributed by atoms with van der Waals surface area (Å²) in [7, 11) is 0. The SMILES string of the molecule is NC(CN1CCOc2ccccc2C1)c1ccc(F)cc1. The molecule has 2 N–H and O–H groups in total. The number of hydrogen-bond acceptors (Lipinski definition) is 3. The summed E-state index contributed by atoms with van der Waals surface area (Å²) in [5.74, 6) is 0.721. The molecule has 0 aliphatic carbocycles. The molecule has 2 aromatic carbocycles. The molecular formula is C17H19FN2O. The van der Waals surface area contributed by atoms with Crippen molar-refractivity contribution in [2.24, 2.45) is 5.73 Å². The summed E-state index contributed by atoms with van der Waals surface area (Å²) in [6.07, 6.45) is 0. The van der Waals surface area contributed by atoms with E-state index in [0.29, 0.717) is 6.61 Å². The Morgan fingerprint density at radius 2 is 1.90 bits per heavy atom. The molecule has 0 spiro atoms. The van der Waals surface area contributed by atoms with Crippen molar-refractivity contribution in [2.75, 3.05) is 19.7 Å². The summed E-state index contributed by atoms with van der Waals surface area (Å²) in [6.45, 7) is 3.05. The average molecular weight is 286 g/mol. The third-order valence-corrected chi connectivity index (χ3v) is 3.78. The molecule has 3 nitrogen and oxygen atoms in total. The van der Waals surface area contributed by atoms with Crippen molar-refractivity contribution in [2.45, 2.75) is 12.6 Å². The Bertz CT molecular complexity index is 600. The molecule has 1 atom stereocenters. The number of halogens is 1. The number of nitrogens with zero attached hydrogens (tertiary/aromatic N) is 1. The maximum atomic E-state index is 13.0. The molecule has 0 bridgehead atoms. The van der Waals surface area contributed by atoms with Crippen LogP contribution in [-0.4, -0.2) is 24.6 Å². The van der Waals surface area contributed by atoms with Gasteiger partial charge in [-0.15, -0.1) is 0 Å². The first-order valence-corrected chi connectivity index (χ1v) is 7.16. The molecule has 2 aromatic rings. The minimum absolute atomic E-state index is 0.129. The van der Waals surface area contributed by atoms with Crippen LogP contribution in [0.4, 0.5) is 4.39 Å². The van der Waals surface area contributed by atoms with E-state index in [2.05, 4.69) is 11.0 Å². The maximum Gasteiger partial charge on any atom is 0.123 e. The van der Waals surface area contributed by atoms with E-state index in [1.54, 1.807) is 12.1 Å². The molecule has 0 saturated heterocycles. The molecule has 0 fully saturated rings. The second kappa shape index (κ2) is 6.24. The van der Waals surface area contributed by atoms with Gasteiger partial charge in [0.1, 0.15) is 18.2 Å². The van der Waals surface area contributed by atoms with Gasteiger partial charge in [-0.25, -0.2) is 4.39 Å². The third-order valence-electron chi connectivity index (χ3n) is 3.78. The van der Waals surface area contributed by atoms with Crippen LogP contribution < -0.4 is 10.5 Å². The molecule has 1 heterocycles. The van der Waals surface area contributed by atoms with Gasteiger partial charge in [0.05, 0.1) is 0 Å². The molecule has 110 valence electrons. The molecule has 1 aliphatic heterocycles. The van der Waals surface area contributed by atoms with E-state index in [1.165, 1.54) is 17.7 Å². The monoisotopic (exact) mass is 286 g/mol. The van der Waals surface area contributed by atoms with Crippen LogP contribution >= 0.6 is 0 Å². The second-order valence-electron chi connectivity index (χ2n) is 5.35. The Hall–Kier alpha value is -1.91. The topological polar surface area (TPSA) is 38.5 Å². The van der Waals surface area contributed by atoms with E-state index in [-0.39, 0.29) is 11.9 Å². The molecule has 4 heteroatoms. The fourth-order valence-corrected chi connectivity index (χ4v) is 2.63. The molecule has 0 aromatic heterocycles. The second-order valence-corrected chi connectivity index (χ2v) is 5.35. The first kappa shape index (κ1) is 14.0. The van der Waals surface area contributed by atoms with Crippen molar-refractivity contribution < 1.29 is 9.13 Å². The van der Waals surface area contributed by atoms with Crippen LogP contribution in [0.25, 0.3) is 0 Å². The third kappa shape index (κ3) is 3.40. The summed E-state index contributed by atoms with van der Waals surface area (Å²) >= 11 is 0. The van der Waals surface area contributed by atoms with Crippen molar-refractivity contribution >= 4 is 0 Å². The average Bonchev–Trinajstić information content (AvgIpc) is 2.69. The van der Waals surface area contributed by atoms with Crippen LogP contribution in [0, 0.1) is 5.82 Å². The van der Waals surface area contributed by atoms with Gasteiger partial charge in [0.25, 0.3) is 0 Å². The lowest BCUT2D eigenvalue weighted by Gasteiger charge is -2.23. The first-order chi connectivity index (χ1) is 10.2. The fourth-order valence-electron chi connectivity index (χ4n) is 2.63. The molecule has 1 aliphatic rings. The minimum Gasteiger partial charge on any atom is -0.492 e. The van der Waals surface area contributed by atoms with Crippen LogP contribution in [0.1, 0.15) is 17.2 Å². The summed E-state index contributed by atoms with van der Waals surface area (Å²) in [6, 6.07) is 14.4. The van der Waals surface area contributed by atoms with Crippen molar-refractivity contribution in [3.8, 4) is 5.75 Å². The van der Waals surface area contributed by atoms with Crippen molar-refractivity contribution in [1.29, 1.82) is 0 Å². The summed E-state index contributed by atoms with van der Waals surface area (Å²) in [5, 5.41) is 0. The minimum atomic E-state index is -0.233. The molecule has 3 rings (SSSR count). The van der Waals surface area contributed by atoms with Gasteiger partial charge in [-0.2, -0.15) is 0 Å². The molecule has 0 amide bonds. The van der Waals surface area contributed by atoms with Crippen LogP contribution in [0.2, 0.25) is 0 Å². The zero-order chi connectivity index (χ0) is 14.7. The predicted octanol–water partition coefficient (Wildman–Crippen LogP) is 2.72. The number of rotatable bonds is 3. The van der Waals surface area contributed by atoms with Gasteiger partial charge in [0.15, 0.2) is 0 Å². The Morgan fingerprint density at radius 1 is 1.14 bits per heavy atom. The molecular weight excluding hydrogens is 267 g/mol. The van der Waals surface area contributed by atoms with E-state index in [9.17, 15) is 4.39 Å². The zero-order valence-corrected chi connectivity index (χ0v) is 11.8. The summed E-state index contributed by atoms with van der Waals surface area (Å²) < 4.78 is 18.7. The number of hydrogen-bond donors (Lipinski definition) is 1. The lowest BCUT2D eigenvalue weighted by Crippen LogP contribution is -2.33. The normalized spacial score (nSPS) is 16.7. The Kier molecular flexibility index (Phi) is 4.18. The van der Waals surface area contributed by atoms with Crippen LogP contribution in [0.15, 0.2) is 48.5 Å². The van der Waals surface area contributed by atoms with Crippen molar-refractivity contribution in [3.05, 3.63) is 65.5 Å². The quantitative estimate of drug-likeness (QED) is 0.943. The van der Waals surface area contributed by atoms with Gasteiger partial charge < -0.3 is 10.5 Å². The highest BCUT2D eigenvalue weighted by Crippen LogP contribution is 2.23. The number of nitrogens with two attached hydrogens (primary N) is 1. The van der Waals surface area contributed by atoms with E-state index in [4.69, 9.17) is 10.5 Å². The van der Waals surface area contributed by atoms with E-state index >= 15 is 0 Å². The van der Waals surface area contributed by atoms with Crippen LogP contribution in [0.5, 0.6) is 5.75 Å². The fraction of sp³-hybridized carbons (Fsp3) is 0.294. The zero-order valence-electron chi connectivity index (χ0n) is 11.8. The molecule has 0 saturated carbocycles. The van der Waals surface area contributed by atoms with E-state index in [1.807, 2.05) is 18.2 Å². The smallest absolute Gasteiger partial charge is 0.123 e. The largest absolute Gasteiger partial charge is 0.492 e. The van der Waals surface area contributed by atoms with Gasteiger partial charge >= 0.3 is 0 Å². The summed E-state index contributed by atoms with van der Waals surface area (Å²) in [5.41, 5.74) is 8.38. The van der Waals surface area contributed by atoms with Crippen molar-refractivity contribution in [3.63, 3.8) is 0 Å². The lowest BCUT2D eigenvalue weighted by atomic mass is 10.1. The van der Waals surface area contributed by atoms with Crippen LogP contribution in [0.3, 0.4) is 0 Å². The molecule has 21 heavy (non-hydrogen) atoms. The molecule has 0 radical (unpaired) electrons.